The third kappa shape index (κ3) is 4.63. The van der Waals surface area contributed by atoms with E-state index in [0.29, 0.717) is 0 Å². The Morgan fingerprint density at radius 2 is 1.71 bits per heavy atom. The SMILES string of the molecule is C=CCN(CC(O)O)C(O)C(O)(O)O. The van der Waals surface area contributed by atoms with Crippen molar-refractivity contribution < 1.29 is 30.6 Å². The maximum absolute atomic E-state index is 9.13. The Labute approximate surface area is 80.8 Å². The summed E-state index contributed by atoms with van der Waals surface area (Å²) < 4.78 is 0. The van der Waals surface area contributed by atoms with Gasteiger partial charge in [0.25, 0.3) is 0 Å². The molecule has 1 atom stereocenters. The highest BCUT2D eigenvalue weighted by Crippen LogP contribution is 2.08. The lowest BCUT2D eigenvalue weighted by molar-refractivity contribution is -0.380. The topological polar surface area (TPSA) is 125 Å². The van der Waals surface area contributed by atoms with Crippen molar-refractivity contribution in [3.63, 3.8) is 0 Å². The van der Waals surface area contributed by atoms with Crippen molar-refractivity contribution in [3.05, 3.63) is 12.7 Å². The van der Waals surface area contributed by atoms with Gasteiger partial charge in [-0.05, 0) is 0 Å². The molecule has 14 heavy (non-hydrogen) atoms. The summed E-state index contributed by atoms with van der Waals surface area (Å²) in [6.07, 6.45) is -2.54. The van der Waals surface area contributed by atoms with Crippen molar-refractivity contribution in [2.24, 2.45) is 0 Å². The average molecular weight is 209 g/mol. The Morgan fingerprint density at radius 1 is 1.21 bits per heavy atom. The Kier molecular flexibility index (Phi) is 5.16. The Bertz CT molecular complexity index is 178. The number of aliphatic hydroxyl groups excluding tert-OH is 2. The molecule has 0 bridgehead atoms. The molecule has 7 nitrogen and oxygen atoms in total. The van der Waals surface area contributed by atoms with E-state index in [-0.39, 0.29) is 6.54 Å². The number of hydrogen-bond acceptors (Lipinski definition) is 7. The molecule has 0 saturated heterocycles. The first-order chi connectivity index (χ1) is 6.29. The standard InChI is InChI=1S/C7H15NO6/c1-2-3-8(4-5(9)10)6(11)7(12,13)14/h2,5-6,9-14H,1,3-4H2. The van der Waals surface area contributed by atoms with Crippen LogP contribution in [0.5, 0.6) is 0 Å². The lowest BCUT2D eigenvalue weighted by Gasteiger charge is -2.31. The Hall–Kier alpha value is -0.540. The second kappa shape index (κ2) is 5.37. The fourth-order valence-electron chi connectivity index (χ4n) is 0.895. The van der Waals surface area contributed by atoms with E-state index in [0.717, 1.165) is 4.90 Å². The molecule has 84 valence electrons. The van der Waals surface area contributed by atoms with Crippen LogP contribution in [0.2, 0.25) is 0 Å². The highest BCUT2D eigenvalue weighted by molar-refractivity contribution is 4.77. The molecule has 0 aromatic rings. The summed E-state index contributed by atoms with van der Waals surface area (Å²) in [5, 5.41) is 52.2. The van der Waals surface area contributed by atoms with E-state index in [9.17, 15) is 0 Å². The largest absolute Gasteiger partial charge is 0.371 e. The first kappa shape index (κ1) is 13.5. The van der Waals surface area contributed by atoms with Crippen LogP contribution in [0.3, 0.4) is 0 Å². The second-order valence-electron chi connectivity index (χ2n) is 2.78. The molecule has 6 N–H and O–H groups in total. The van der Waals surface area contributed by atoms with E-state index >= 15 is 0 Å². The van der Waals surface area contributed by atoms with Crippen molar-refractivity contribution >= 4 is 0 Å². The molecule has 0 spiro atoms. The maximum Gasteiger partial charge on any atom is 0.317 e. The molecule has 0 aliphatic carbocycles. The summed E-state index contributed by atoms with van der Waals surface area (Å²) in [5.41, 5.74) is 0. The molecular weight excluding hydrogens is 194 g/mol. The zero-order valence-corrected chi connectivity index (χ0v) is 7.48. The first-order valence-corrected chi connectivity index (χ1v) is 3.85. The highest BCUT2D eigenvalue weighted by atomic mass is 16.7. The summed E-state index contributed by atoms with van der Waals surface area (Å²) in [6, 6.07) is 0. The van der Waals surface area contributed by atoms with E-state index in [4.69, 9.17) is 30.6 Å². The minimum Gasteiger partial charge on any atom is -0.371 e. The predicted octanol–water partition coefficient (Wildman–Crippen LogP) is -3.27. The summed E-state index contributed by atoms with van der Waals surface area (Å²) in [6.45, 7) is 2.80. The molecule has 0 heterocycles. The van der Waals surface area contributed by atoms with Gasteiger partial charge >= 0.3 is 5.97 Å². The van der Waals surface area contributed by atoms with Crippen LogP contribution in [0.4, 0.5) is 0 Å². The van der Waals surface area contributed by atoms with Crippen molar-refractivity contribution in [1.82, 2.24) is 4.90 Å². The van der Waals surface area contributed by atoms with Crippen LogP contribution in [0.1, 0.15) is 0 Å². The van der Waals surface area contributed by atoms with Crippen LogP contribution in [0.25, 0.3) is 0 Å². The third-order valence-corrected chi connectivity index (χ3v) is 1.45. The predicted molar refractivity (Wildman–Crippen MR) is 45.4 cm³/mol. The number of hydrogen-bond donors (Lipinski definition) is 6. The van der Waals surface area contributed by atoms with Crippen LogP contribution in [0.15, 0.2) is 12.7 Å². The van der Waals surface area contributed by atoms with Gasteiger partial charge in [0.05, 0.1) is 6.54 Å². The van der Waals surface area contributed by atoms with Gasteiger partial charge in [-0.15, -0.1) is 6.58 Å². The van der Waals surface area contributed by atoms with Crippen LogP contribution < -0.4 is 0 Å². The molecule has 7 heteroatoms. The Morgan fingerprint density at radius 3 is 2.00 bits per heavy atom. The van der Waals surface area contributed by atoms with Gasteiger partial charge in [-0.3, -0.25) is 4.90 Å². The van der Waals surface area contributed by atoms with Gasteiger partial charge in [-0.1, -0.05) is 6.08 Å². The number of nitrogens with zero attached hydrogens (tertiary/aromatic N) is 1. The average Bonchev–Trinajstić information content (AvgIpc) is 2.00. The van der Waals surface area contributed by atoms with Gasteiger partial charge in [0, 0.05) is 6.54 Å². The zero-order chi connectivity index (χ0) is 11.4. The number of rotatable bonds is 6. The van der Waals surface area contributed by atoms with Crippen LogP contribution in [-0.2, 0) is 0 Å². The Balaban J connectivity index is 4.39. The van der Waals surface area contributed by atoms with Gasteiger partial charge < -0.3 is 30.6 Å². The van der Waals surface area contributed by atoms with Crippen molar-refractivity contribution in [3.8, 4) is 0 Å². The maximum atomic E-state index is 9.13. The quantitative estimate of drug-likeness (QED) is 0.200. The molecule has 0 aromatic heterocycles. The summed E-state index contributed by atoms with van der Waals surface area (Å²) in [7, 11) is 0. The van der Waals surface area contributed by atoms with Crippen molar-refractivity contribution in [2.45, 2.75) is 18.5 Å². The van der Waals surface area contributed by atoms with E-state index in [1.54, 1.807) is 0 Å². The smallest absolute Gasteiger partial charge is 0.317 e. The minimum absolute atomic E-state index is 0.0534. The highest BCUT2D eigenvalue weighted by Gasteiger charge is 2.35. The molecular formula is C7H15NO6. The molecule has 1 unspecified atom stereocenters. The van der Waals surface area contributed by atoms with Gasteiger partial charge in [0.15, 0.2) is 12.5 Å². The van der Waals surface area contributed by atoms with E-state index in [2.05, 4.69) is 6.58 Å². The molecule has 0 radical (unpaired) electrons. The first-order valence-electron chi connectivity index (χ1n) is 3.85. The van der Waals surface area contributed by atoms with Gasteiger partial charge in [0.1, 0.15) is 0 Å². The zero-order valence-electron chi connectivity index (χ0n) is 7.48. The van der Waals surface area contributed by atoms with E-state index in [1.165, 1.54) is 6.08 Å². The summed E-state index contributed by atoms with van der Waals surface area (Å²) >= 11 is 0. The van der Waals surface area contributed by atoms with Crippen molar-refractivity contribution in [2.75, 3.05) is 13.1 Å². The van der Waals surface area contributed by atoms with Crippen molar-refractivity contribution in [1.29, 1.82) is 0 Å². The summed E-state index contributed by atoms with van der Waals surface area (Å²) in [4.78, 5) is 0.817. The molecule has 0 aromatic carbocycles. The van der Waals surface area contributed by atoms with Gasteiger partial charge in [-0.25, -0.2) is 0 Å². The van der Waals surface area contributed by atoms with Crippen LogP contribution in [0, 0.1) is 0 Å². The normalized spacial score (nSPS) is 14.9. The lowest BCUT2D eigenvalue weighted by atomic mass is 10.3. The molecule has 0 aliphatic heterocycles. The third-order valence-electron chi connectivity index (χ3n) is 1.45. The minimum atomic E-state index is -3.32. The molecule has 0 saturated carbocycles. The van der Waals surface area contributed by atoms with Crippen LogP contribution in [-0.4, -0.2) is 67.1 Å². The van der Waals surface area contributed by atoms with E-state index < -0.39 is 25.0 Å². The summed E-state index contributed by atoms with van der Waals surface area (Å²) in [5.74, 6) is -3.32. The molecule has 0 amide bonds. The lowest BCUT2D eigenvalue weighted by Crippen LogP contribution is -2.54. The number of aliphatic hydroxyl groups is 6. The fraction of sp³-hybridized carbons (Fsp3) is 0.714. The molecule has 0 fully saturated rings. The van der Waals surface area contributed by atoms with Gasteiger partial charge in [0.2, 0.25) is 0 Å². The van der Waals surface area contributed by atoms with E-state index in [1.807, 2.05) is 0 Å². The fourth-order valence-corrected chi connectivity index (χ4v) is 0.895. The molecule has 0 aliphatic rings. The molecule has 0 rings (SSSR count). The second-order valence-corrected chi connectivity index (χ2v) is 2.78. The van der Waals surface area contributed by atoms with Crippen LogP contribution >= 0.6 is 0 Å². The van der Waals surface area contributed by atoms with Gasteiger partial charge in [-0.2, -0.15) is 0 Å². The monoisotopic (exact) mass is 209 g/mol.